The fourth-order valence-electron chi connectivity index (χ4n) is 11.5. The number of hydrogen-bond acceptors (Lipinski definition) is 31. The Balaban J connectivity index is 0.00000618. The van der Waals surface area contributed by atoms with Gasteiger partial charge in [-0.15, -0.1) is 0 Å². The van der Waals surface area contributed by atoms with Crippen molar-refractivity contribution in [3.63, 3.8) is 0 Å². The molecule has 7 aliphatic rings. The van der Waals surface area contributed by atoms with Gasteiger partial charge in [-0.3, -0.25) is 0 Å². The molecule has 7 fully saturated rings. The molecule has 0 aromatic heterocycles. The van der Waals surface area contributed by atoms with E-state index in [-0.39, 0.29) is 93.7 Å². The van der Waals surface area contributed by atoms with Crippen LogP contribution in [-0.4, -0.2) is 329 Å². The fourth-order valence-corrected chi connectivity index (χ4v) is 11.5. The van der Waals surface area contributed by atoms with Gasteiger partial charge in [0.05, 0.1) is 62.5 Å². The van der Waals surface area contributed by atoms with E-state index in [9.17, 15) is 98.0 Å². The second kappa shape index (κ2) is 33.1. The number of esters is 1. The van der Waals surface area contributed by atoms with Crippen LogP contribution >= 0.6 is 0 Å². The Labute approximate surface area is 577 Å². The molecule has 7 heterocycles. The molecule has 0 spiro atoms. The van der Waals surface area contributed by atoms with Crippen LogP contribution in [0.5, 0.6) is 0 Å². The zero-order valence-corrected chi connectivity index (χ0v) is 58.3. The van der Waals surface area contributed by atoms with Gasteiger partial charge in [-0.05, 0) is 38.3 Å². The third-order valence-electron chi connectivity index (χ3n) is 16.6. The largest absolute Gasteiger partial charge is 0.670 e. The van der Waals surface area contributed by atoms with Crippen LogP contribution in [0.25, 0.3) is 11.5 Å². The van der Waals surface area contributed by atoms with Crippen LogP contribution in [0, 0.1) is 93.5 Å². The molecule has 7 aliphatic heterocycles. The van der Waals surface area contributed by atoms with E-state index in [0.29, 0.717) is 0 Å². The molecule has 35 heteroatoms. The number of nitrogens with one attached hydrogen (secondary N) is 2. The minimum absolute atomic E-state index is 0. The zero-order valence-electron chi connectivity index (χ0n) is 48.9. The van der Waals surface area contributed by atoms with Gasteiger partial charge in [0.15, 0.2) is 37.6 Å². The first kappa shape index (κ1) is 77.3. The maximum atomic E-state index is 13.1. The molecule has 88 heavy (non-hydrogen) atoms. The van der Waals surface area contributed by atoms with Gasteiger partial charge in [0.1, 0.15) is 128 Å². The van der Waals surface area contributed by atoms with Crippen molar-refractivity contribution in [3.05, 3.63) is 47.4 Å². The van der Waals surface area contributed by atoms with E-state index in [0.717, 1.165) is 0 Å². The number of aliphatic hydroxyl groups is 16. The Morgan fingerprint density at radius 1 is 0.398 bits per heavy atom. The SMILES string of the molecule is CC1O[C@@H](OC2C(O)[C@@H](O)C(CO)O[C@H]2O[C@@H]2C(CO)O[C@@H](OC3C(O)[C@H](O[C@@H]4C(CO)O[C@@H](C(C)(C)C)C([NH-])C4O[C@@H]4OC(C)[C@@H](O)C(O)C4O)OC(CO)[C@@H]3O)C([NH-])C2O[C@@H]2OC(C)[C@@H](OC(=O)c3ccccc3)C(O)C2O)C(O)C(O)[C@@H]1O.[Ac].[Ac]. The molecule has 7 saturated heterocycles. The molecule has 0 bridgehead atoms. The molecule has 0 saturated carbocycles. The summed E-state index contributed by atoms with van der Waals surface area (Å²) < 4.78 is 84.0. The average Bonchev–Trinajstić information content (AvgIpc) is 1.38. The molecule has 1 aromatic carbocycles. The average molecular weight is 1700 g/mol. The van der Waals surface area contributed by atoms with Crippen LogP contribution in [-0.2, 0) is 66.3 Å². The molecule has 0 amide bonds. The summed E-state index contributed by atoms with van der Waals surface area (Å²) in [5.74, 6) is -0.904. The monoisotopic (exact) mass is 1700 g/mol. The maximum Gasteiger partial charge on any atom is 0.338 e. The quantitative estimate of drug-likeness (QED) is 0.0607. The van der Waals surface area contributed by atoms with Crippen LogP contribution in [0.3, 0.4) is 0 Å². The van der Waals surface area contributed by atoms with E-state index in [1.54, 1.807) is 39.0 Å². The predicted molar refractivity (Wildman–Crippen MR) is 279 cm³/mol. The van der Waals surface area contributed by atoms with Crippen molar-refractivity contribution in [3.8, 4) is 0 Å². The van der Waals surface area contributed by atoms with Crippen molar-refractivity contribution in [1.29, 1.82) is 0 Å². The molecule has 8 rings (SSSR count). The van der Waals surface area contributed by atoms with E-state index < -0.39 is 252 Å². The summed E-state index contributed by atoms with van der Waals surface area (Å²) in [7, 11) is 0. The summed E-state index contributed by atoms with van der Waals surface area (Å²) in [6.45, 7) is 5.31. The molecule has 0 aliphatic carbocycles. The third kappa shape index (κ3) is 16.6. The topological polar surface area (TPSA) is 518 Å². The molecule has 500 valence electrons. The number of aliphatic hydroxyl groups excluding tert-OH is 16. The van der Waals surface area contributed by atoms with Crippen LogP contribution in [0.4, 0.5) is 0 Å². The van der Waals surface area contributed by atoms with Gasteiger partial charge in [0.2, 0.25) is 0 Å². The standard InChI is InChI=1S/C53H84N2O31.2Ac/c1-16-26(60)30(64)34(68)48(73-16)83-41-24(54)45(53(4,5)6)76-22(14-58)39(41)81-51-37(71)43(29(63)21(13-57)77-51)85-47-25(55)42(84-50-36(70)33(67)38(18(3)75-50)80-46(72)19-10-8-7-9-11-19)40(23(15-59)79-47)82-52-44(32(66)28(62)20(12-56)78-52)86-49-35(69)31(65)27(61)17(2)74-49;;/h7-11,16-18,20-45,47-52,54-71H,12-15H2,1-6H3;;/q-2;;/t16?,17?,18?,20?,21?,22?,23?,24?,25?,26-,27-,28+,29+,30?,31?,32?,33?,34?,35?,36?,37?,38-,39-,40-,41?,42?,43?,44?,45-,47+,48+,49+,50+,51+,52+;;/m1../s1. The Morgan fingerprint density at radius 2 is 0.784 bits per heavy atom. The van der Waals surface area contributed by atoms with Crippen molar-refractivity contribution in [1.82, 2.24) is 0 Å². The van der Waals surface area contributed by atoms with E-state index in [1.165, 1.54) is 32.9 Å². The van der Waals surface area contributed by atoms with Crippen LogP contribution in [0.15, 0.2) is 30.3 Å². The Morgan fingerprint density at radius 3 is 1.30 bits per heavy atom. The number of ether oxygens (including phenoxy) is 14. The normalized spacial score (nSPS) is 48.6. The summed E-state index contributed by atoms with van der Waals surface area (Å²) in [6, 6.07) is 4.06. The number of hydrogen-bond donors (Lipinski definition) is 16. The molecule has 33 nitrogen and oxygen atoms in total. The van der Waals surface area contributed by atoms with Gasteiger partial charge in [-0.25, -0.2) is 4.79 Å². The number of carbonyl (C=O) groups excluding carboxylic acids is 1. The summed E-state index contributed by atoms with van der Waals surface area (Å²) in [5.41, 5.74) is 18.3. The first-order valence-corrected chi connectivity index (χ1v) is 28.4. The van der Waals surface area contributed by atoms with Crippen LogP contribution < -0.4 is 0 Å². The summed E-state index contributed by atoms with van der Waals surface area (Å²) in [6.07, 6.45) is -59.1. The number of carbonyl (C=O) groups is 1. The van der Waals surface area contributed by atoms with Crippen molar-refractivity contribution in [2.45, 2.75) is 256 Å². The first-order valence-electron chi connectivity index (χ1n) is 28.4. The van der Waals surface area contributed by atoms with E-state index >= 15 is 0 Å². The van der Waals surface area contributed by atoms with Crippen molar-refractivity contribution < 1.29 is 241 Å². The summed E-state index contributed by atoms with van der Waals surface area (Å²) in [4.78, 5) is 13.1. The maximum absolute atomic E-state index is 13.1. The van der Waals surface area contributed by atoms with Gasteiger partial charge in [0, 0.05) is 94.2 Å². The van der Waals surface area contributed by atoms with E-state index in [1.807, 2.05) is 0 Å². The second-order valence-corrected chi connectivity index (χ2v) is 23.7. The third-order valence-corrected chi connectivity index (χ3v) is 16.6. The molecule has 21 unspecified atom stereocenters. The Kier molecular flexibility index (Phi) is 29.0. The van der Waals surface area contributed by atoms with Crippen molar-refractivity contribution in [2.24, 2.45) is 5.41 Å². The fraction of sp³-hybridized carbons (Fsp3) is 0.868. The molecule has 2 radical (unpaired) electrons. The Hall–Kier alpha value is 0.333. The summed E-state index contributed by atoms with van der Waals surface area (Å²) in [5, 5.41) is 176. The molecule has 35 atom stereocenters. The smallest absolute Gasteiger partial charge is 0.338 e. The van der Waals surface area contributed by atoms with Crippen molar-refractivity contribution in [2.75, 3.05) is 26.4 Å². The minimum Gasteiger partial charge on any atom is -0.670 e. The zero-order chi connectivity index (χ0) is 63.1. The summed E-state index contributed by atoms with van der Waals surface area (Å²) >= 11 is 0. The second-order valence-electron chi connectivity index (χ2n) is 23.7. The van der Waals surface area contributed by atoms with Gasteiger partial charge < -0.3 is 159 Å². The number of rotatable bonds is 18. The van der Waals surface area contributed by atoms with Gasteiger partial charge in [-0.1, -0.05) is 51.1 Å². The first-order chi connectivity index (χ1) is 40.6. The molecule has 1 aromatic rings. The number of benzene rings is 1. The predicted octanol–water partition coefficient (Wildman–Crippen LogP) is -7.11. The van der Waals surface area contributed by atoms with Crippen LogP contribution in [0.2, 0.25) is 0 Å². The molecular formula is C53H84Ac2N2O31-2. The van der Waals surface area contributed by atoms with E-state index in [2.05, 4.69) is 0 Å². The minimum atomic E-state index is -2.21. The van der Waals surface area contributed by atoms with Crippen LogP contribution in [0.1, 0.15) is 51.9 Å². The van der Waals surface area contributed by atoms with E-state index in [4.69, 9.17) is 66.3 Å². The molecule has 18 N–H and O–H groups in total. The molecular weight excluding hydrogens is 1610 g/mol. The van der Waals surface area contributed by atoms with Gasteiger partial charge in [0.25, 0.3) is 0 Å². The van der Waals surface area contributed by atoms with Gasteiger partial charge in [-0.2, -0.15) is 0 Å². The van der Waals surface area contributed by atoms with Gasteiger partial charge >= 0.3 is 5.97 Å². The van der Waals surface area contributed by atoms with Crippen molar-refractivity contribution >= 4 is 5.97 Å². The Bertz CT molecular complexity index is 2300.